The average molecular weight is 363 g/mol. The van der Waals surface area contributed by atoms with Crippen molar-refractivity contribution in [1.29, 1.82) is 0 Å². The van der Waals surface area contributed by atoms with E-state index in [1.807, 2.05) is 12.1 Å². The number of benzene rings is 1. The number of amides is 1. The van der Waals surface area contributed by atoms with E-state index in [-0.39, 0.29) is 48.7 Å². The molecule has 0 aliphatic rings. The number of aromatic hydroxyl groups is 1. The Morgan fingerprint density at radius 2 is 2.10 bits per heavy atom. The van der Waals surface area contributed by atoms with Crippen LogP contribution in [0, 0.1) is 17.5 Å². The predicted molar refractivity (Wildman–Crippen MR) is 72.4 cm³/mol. The Labute approximate surface area is 147 Å². The van der Waals surface area contributed by atoms with E-state index >= 15 is 0 Å². The Balaban J connectivity index is 0.00000200. The van der Waals surface area contributed by atoms with Gasteiger partial charge in [-0.2, -0.15) is 30.3 Å². The Kier molecular flexibility index (Phi) is 6.52. The molecule has 101 valence electrons. The summed E-state index contributed by atoms with van der Waals surface area (Å²) < 4.78 is 5.40. The van der Waals surface area contributed by atoms with Crippen LogP contribution in [-0.2, 0) is 39.3 Å². The van der Waals surface area contributed by atoms with Crippen LogP contribution < -0.4 is 5.32 Å². The number of hydrogen-bond acceptors (Lipinski definition) is 4. The normalized spacial score (nSPS) is 9.65. The molecule has 0 unspecified atom stereocenters. The molecule has 1 aromatic carbocycles. The van der Waals surface area contributed by atoms with Gasteiger partial charge in [0.05, 0.1) is 4.51 Å². The smallest absolute Gasteiger partial charge is 0.291 e. The van der Waals surface area contributed by atoms with Gasteiger partial charge in [-0.3, -0.25) is 4.79 Å². The first-order valence-corrected chi connectivity index (χ1v) is 6.05. The van der Waals surface area contributed by atoms with Crippen LogP contribution in [0.5, 0.6) is 5.75 Å². The van der Waals surface area contributed by atoms with Gasteiger partial charge < -0.3 is 14.8 Å². The zero-order valence-electron chi connectivity index (χ0n) is 10.8. The molecule has 2 aromatic rings. The van der Waals surface area contributed by atoms with E-state index < -0.39 is 5.91 Å². The molecule has 20 heavy (non-hydrogen) atoms. The van der Waals surface area contributed by atoms with Crippen molar-refractivity contribution in [2.24, 2.45) is 0 Å². The topological polar surface area (TPSA) is 62.5 Å². The molecular formula is C14H12NO3SY-. The van der Waals surface area contributed by atoms with Gasteiger partial charge in [0.2, 0.25) is 5.76 Å². The maximum atomic E-state index is 11.9. The largest absolute Gasteiger partial charge is 0.503 e. The summed E-state index contributed by atoms with van der Waals surface area (Å²) in [6.07, 6.45) is 0. The van der Waals surface area contributed by atoms with Crippen LogP contribution in [0.2, 0.25) is 0 Å². The molecule has 0 atom stereocenters. The van der Waals surface area contributed by atoms with Gasteiger partial charge in [0.15, 0.2) is 5.75 Å². The second-order valence-corrected chi connectivity index (χ2v) is 4.43. The Bertz CT molecular complexity index is 655. The van der Waals surface area contributed by atoms with Crippen LogP contribution in [0.3, 0.4) is 0 Å². The molecule has 0 saturated carbocycles. The maximum Gasteiger partial charge on any atom is 0.291 e. The number of carbonyl (C=O) groups excluding carboxylic acids is 1. The number of nitrogens with one attached hydrogen (secondary N) is 1. The van der Waals surface area contributed by atoms with Crippen molar-refractivity contribution in [3.63, 3.8) is 0 Å². The van der Waals surface area contributed by atoms with Gasteiger partial charge in [-0.1, -0.05) is 12.2 Å². The van der Waals surface area contributed by atoms with Crippen LogP contribution >= 0.6 is 12.2 Å². The third-order valence-corrected chi connectivity index (χ3v) is 2.80. The molecule has 0 spiro atoms. The molecule has 4 nitrogen and oxygen atoms in total. The van der Waals surface area contributed by atoms with E-state index in [9.17, 15) is 9.90 Å². The first-order valence-electron chi connectivity index (χ1n) is 5.65. The monoisotopic (exact) mass is 363 g/mol. The molecular weight excluding hydrogens is 351 g/mol. The van der Waals surface area contributed by atoms with E-state index in [1.54, 1.807) is 19.1 Å². The third-order valence-electron chi connectivity index (χ3n) is 2.49. The summed E-state index contributed by atoms with van der Waals surface area (Å²) in [5, 5.41) is 12.4. The average Bonchev–Trinajstić information content (AvgIpc) is 2.41. The number of rotatable bonds is 3. The molecule has 1 amide bonds. The minimum atomic E-state index is -0.500. The fourth-order valence-corrected chi connectivity index (χ4v) is 1.82. The van der Waals surface area contributed by atoms with Gasteiger partial charge in [0.25, 0.3) is 5.91 Å². The summed E-state index contributed by atoms with van der Waals surface area (Å²) in [7, 11) is 0. The van der Waals surface area contributed by atoms with E-state index in [4.69, 9.17) is 16.6 Å². The second-order valence-electron chi connectivity index (χ2n) is 3.99. The SMILES string of the molecule is Cc1cc(=S)c(O)c(C(=O)NCc2cc[c-]cc2)o1.[Y]. The van der Waals surface area contributed by atoms with Gasteiger partial charge in [-0.25, -0.2) is 0 Å². The molecule has 1 radical (unpaired) electrons. The maximum absolute atomic E-state index is 11.9. The van der Waals surface area contributed by atoms with Crippen molar-refractivity contribution in [1.82, 2.24) is 5.32 Å². The summed E-state index contributed by atoms with van der Waals surface area (Å²) in [4.78, 5) is 11.9. The summed E-state index contributed by atoms with van der Waals surface area (Å²) >= 11 is 4.93. The van der Waals surface area contributed by atoms with E-state index in [0.29, 0.717) is 12.3 Å². The van der Waals surface area contributed by atoms with Crippen molar-refractivity contribution in [2.75, 3.05) is 0 Å². The fourth-order valence-electron chi connectivity index (χ4n) is 1.56. The summed E-state index contributed by atoms with van der Waals surface area (Å²) in [6.45, 7) is 2.00. The molecule has 6 heteroatoms. The first-order chi connectivity index (χ1) is 9.08. The van der Waals surface area contributed by atoms with Gasteiger partial charge >= 0.3 is 0 Å². The van der Waals surface area contributed by atoms with Gasteiger partial charge in [0, 0.05) is 39.3 Å². The van der Waals surface area contributed by atoms with E-state index in [1.165, 1.54) is 6.07 Å². The standard InChI is InChI=1S/C14H12NO3S.Y/c1-9-7-11(19)12(16)13(18-9)14(17)15-8-10-5-3-2-4-6-10;/h3-7,16H,8H2,1H3,(H,15,17);/q-1;. The molecule has 0 aliphatic carbocycles. The van der Waals surface area contributed by atoms with Crippen LogP contribution in [-0.4, -0.2) is 11.0 Å². The van der Waals surface area contributed by atoms with Crippen molar-refractivity contribution < 1.29 is 47.0 Å². The van der Waals surface area contributed by atoms with Crippen LogP contribution in [0.1, 0.15) is 21.9 Å². The Morgan fingerprint density at radius 1 is 1.45 bits per heavy atom. The van der Waals surface area contributed by atoms with Crippen LogP contribution in [0.25, 0.3) is 0 Å². The Hall–Kier alpha value is -1.04. The van der Waals surface area contributed by atoms with Gasteiger partial charge in [-0.15, -0.1) is 5.56 Å². The fraction of sp³-hybridized carbons (Fsp3) is 0.143. The second kappa shape index (κ2) is 7.67. The summed E-state index contributed by atoms with van der Waals surface area (Å²) in [5.74, 6) is -0.491. The van der Waals surface area contributed by atoms with Gasteiger partial charge in [0.1, 0.15) is 5.76 Å². The first kappa shape index (κ1) is 17.0. The molecule has 0 aliphatic heterocycles. The molecule has 2 N–H and O–H groups in total. The molecule has 1 aromatic heterocycles. The van der Waals surface area contributed by atoms with E-state index in [0.717, 1.165) is 5.56 Å². The summed E-state index contributed by atoms with van der Waals surface area (Å²) in [5.41, 5.74) is 0.929. The minimum Gasteiger partial charge on any atom is -0.503 e. The zero-order chi connectivity index (χ0) is 13.8. The molecule has 0 bridgehead atoms. The number of carbonyl (C=O) groups is 1. The third kappa shape index (κ3) is 4.23. The molecule has 2 rings (SSSR count). The summed E-state index contributed by atoms with van der Waals surface area (Å²) in [6, 6.07) is 11.6. The quantitative estimate of drug-likeness (QED) is 0.650. The molecule has 1 heterocycles. The van der Waals surface area contributed by atoms with Crippen LogP contribution in [0.15, 0.2) is 34.7 Å². The van der Waals surface area contributed by atoms with Crippen molar-refractivity contribution in [3.05, 3.63) is 58.0 Å². The Morgan fingerprint density at radius 3 is 2.75 bits per heavy atom. The number of hydrogen-bond donors (Lipinski definition) is 2. The molecule has 0 fully saturated rings. The van der Waals surface area contributed by atoms with E-state index in [2.05, 4.69) is 11.4 Å². The van der Waals surface area contributed by atoms with Crippen molar-refractivity contribution in [2.45, 2.75) is 13.5 Å². The molecule has 0 saturated heterocycles. The van der Waals surface area contributed by atoms with Crippen molar-refractivity contribution in [3.8, 4) is 5.75 Å². The zero-order valence-corrected chi connectivity index (χ0v) is 14.5. The van der Waals surface area contributed by atoms with Gasteiger partial charge in [-0.05, 0) is 13.0 Å². The van der Waals surface area contributed by atoms with Crippen molar-refractivity contribution >= 4 is 18.1 Å². The van der Waals surface area contributed by atoms with Crippen LogP contribution in [0.4, 0.5) is 0 Å². The number of aryl methyl sites for hydroxylation is 1. The predicted octanol–water partition coefficient (Wildman–Crippen LogP) is 2.75. The minimum absolute atomic E-state index is 0.